The molecule has 0 saturated heterocycles. The van der Waals surface area contributed by atoms with E-state index in [1.54, 1.807) is 42.5 Å². The number of carbonyl (C=O) groups is 2. The lowest BCUT2D eigenvalue weighted by Crippen LogP contribution is -2.26. The Kier molecular flexibility index (Phi) is 11.0. The van der Waals surface area contributed by atoms with Gasteiger partial charge < -0.3 is 10.2 Å². The summed E-state index contributed by atoms with van der Waals surface area (Å²) in [6.45, 7) is 7.51. The summed E-state index contributed by atoms with van der Waals surface area (Å²) in [5.74, 6) is -0.120. The summed E-state index contributed by atoms with van der Waals surface area (Å²) in [5, 5.41) is 19.9. The van der Waals surface area contributed by atoms with Crippen LogP contribution in [0.4, 0.5) is 4.39 Å². The molecular formula is C33H33FO4S. The van der Waals surface area contributed by atoms with Crippen LogP contribution in [0.2, 0.25) is 0 Å². The SMILES string of the molecule is C=C/C(C=O)=C\C(=C/C)c1ccc(CC(=O)[C@H](SCC(O)c2ccc(F)cc2)C(C)c2ccc(O)cc2)cc1. The molecule has 0 aliphatic carbocycles. The Bertz CT molecular complexity index is 1320. The molecule has 3 rings (SSSR count). The maximum absolute atomic E-state index is 13.6. The molecule has 3 atom stereocenters. The van der Waals surface area contributed by atoms with Gasteiger partial charge in [-0.25, -0.2) is 4.39 Å². The molecule has 2 N–H and O–H groups in total. The number of halogens is 1. The minimum atomic E-state index is -0.851. The number of phenols is 1. The zero-order valence-corrected chi connectivity index (χ0v) is 22.9. The van der Waals surface area contributed by atoms with Crippen molar-refractivity contribution in [3.63, 3.8) is 0 Å². The highest BCUT2D eigenvalue weighted by atomic mass is 32.2. The van der Waals surface area contributed by atoms with Crippen LogP contribution in [-0.2, 0) is 16.0 Å². The van der Waals surface area contributed by atoms with Crippen LogP contribution in [0, 0.1) is 5.82 Å². The highest BCUT2D eigenvalue weighted by Gasteiger charge is 2.28. The summed E-state index contributed by atoms with van der Waals surface area (Å²) < 4.78 is 13.3. The van der Waals surface area contributed by atoms with Gasteiger partial charge in [-0.15, -0.1) is 11.8 Å². The van der Waals surface area contributed by atoms with Gasteiger partial charge in [-0.2, -0.15) is 0 Å². The molecule has 0 aliphatic heterocycles. The Balaban J connectivity index is 1.79. The largest absolute Gasteiger partial charge is 0.508 e. The molecule has 0 heterocycles. The minimum Gasteiger partial charge on any atom is -0.508 e. The van der Waals surface area contributed by atoms with Gasteiger partial charge in [0.05, 0.1) is 11.4 Å². The van der Waals surface area contributed by atoms with Gasteiger partial charge in [0.2, 0.25) is 0 Å². The lowest BCUT2D eigenvalue weighted by atomic mass is 9.92. The van der Waals surface area contributed by atoms with Gasteiger partial charge in [0.15, 0.2) is 5.78 Å². The summed E-state index contributed by atoms with van der Waals surface area (Å²) in [5.41, 5.74) is 4.62. The third-order valence-electron chi connectivity index (χ3n) is 6.55. The fraction of sp³-hybridized carbons (Fsp3) is 0.212. The zero-order valence-electron chi connectivity index (χ0n) is 22.1. The Hall–Kier alpha value is -3.74. The first kappa shape index (κ1) is 29.8. The van der Waals surface area contributed by atoms with Crippen molar-refractivity contribution in [3.8, 4) is 5.75 Å². The van der Waals surface area contributed by atoms with Crippen LogP contribution >= 0.6 is 11.8 Å². The molecule has 39 heavy (non-hydrogen) atoms. The molecule has 0 spiro atoms. The standard InChI is InChI=1S/C33H33FO4S/c1-4-23(20-35)18-25(5-2)27-8-6-24(7-9-27)19-31(37)33(22(3)26-12-16-30(36)17-13-26)39-21-32(38)28-10-14-29(34)15-11-28/h4-18,20,22,32-33,36,38H,1,19,21H2,2-3H3/b23-18+,25-5+/t22?,32?,33-/m1/s1. The number of aliphatic hydroxyl groups is 1. The van der Waals surface area contributed by atoms with Gasteiger partial charge in [0, 0.05) is 17.7 Å². The van der Waals surface area contributed by atoms with Crippen molar-refractivity contribution in [2.75, 3.05) is 5.75 Å². The third kappa shape index (κ3) is 8.37. The zero-order chi connectivity index (χ0) is 28.4. The first-order valence-corrected chi connectivity index (χ1v) is 13.7. The van der Waals surface area contributed by atoms with Crippen LogP contribution in [0.15, 0.2) is 103 Å². The summed E-state index contributed by atoms with van der Waals surface area (Å²) in [6.07, 6.45) is 5.29. The van der Waals surface area contributed by atoms with Gasteiger partial charge in [0.1, 0.15) is 17.9 Å². The molecule has 0 aliphatic rings. The predicted molar refractivity (Wildman–Crippen MR) is 157 cm³/mol. The summed E-state index contributed by atoms with van der Waals surface area (Å²) >= 11 is 1.37. The van der Waals surface area contributed by atoms with Crippen LogP contribution in [0.3, 0.4) is 0 Å². The number of hydrogen-bond acceptors (Lipinski definition) is 5. The number of phenolic OH excluding ortho intramolecular Hbond substituents is 1. The number of ketones is 1. The molecule has 202 valence electrons. The van der Waals surface area contributed by atoms with Crippen LogP contribution in [0.1, 0.15) is 48.1 Å². The quantitative estimate of drug-likeness (QED) is 0.138. The molecule has 0 fully saturated rings. The van der Waals surface area contributed by atoms with E-state index in [4.69, 9.17) is 0 Å². The van der Waals surface area contributed by atoms with E-state index in [0.717, 1.165) is 28.5 Å². The fourth-order valence-electron chi connectivity index (χ4n) is 4.22. The number of Topliss-reactive ketones (excluding diaryl/α,β-unsaturated/α-hetero) is 1. The number of allylic oxidation sites excluding steroid dienone is 5. The van der Waals surface area contributed by atoms with Crippen molar-refractivity contribution in [1.29, 1.82) is 0 Å². The second-order valence-electron chi connectivity index (χ2n) is 9.25. The number of aliphatic hydroxyl groups excluding tert-OH is 1. The van der Waals surface area contributed by atoms with E-state index in [1.165, 1.54) is 30.0 Å². The van der Waals surface area contributed by atoms with Crippen molar-refractivity contribution in [2.45, 2.75) is 37.5 Å². The number of rotatable bonds is 13. The molecule has 0 radical (unpaired) electrons. The van der Waals surface area contributed by atoms with E-state index in [1.807, 2.05) is 44.2 Å². The lowest BCUT2D eigenvalue weighted by molar-refractivity contribution is -0.118. The second kappa shape index (κ2) is 14.4. The Morgan fingerprint density at radius 3 is 2.18 bits per heavy atom. The first-order valence-electron chi connectivity index (χ1n) is 12.7. The van der Waals surface area contributed by atoms with E-state index in [0.29, 0.717) is 11.1 Å². The average molecular weight is 545 g/mol. The summed E-state index contributed by atoms with van der Waals surface area (Å²) in [6, 6.07) is 20.1. The average Bonchev–Trinajstić information content (AvgIpc) is 2.95. The molecule has 0 amide bonds. The molecule has 4 nitrogen and oxygen atoms in total. The van der Waals surface area contributed by atoms with E-state index < -0.39 is 11.4 Å². The van der Waals surface area contributed by atoms with E-state index in [-0.39, 0.29) is 35.4 Å². The normalized spacial score (nSPS) is 14.4. The number of benzene rings is 3. The number of hydrogen-bond donors (Lipinski definition) is 2. The number of carbonyl (C=O) groups excluding carboxylic acids is 2. The van der Waals surface area contributed by atoms with Crippen molar-refractivity contribution < 1.29 is 24.2 Å². The van der Waals surface area contributed by atoms with Gasteiger partial charge in [0.25, 0.3) is 0 Å². The van der Waals surface area contributed by atoms with Crippen LogP contribution in [0.25, 0.3) is 5.57 Å². The lowest BCUT2D eigenvalue weighted by Gasteiger charge is -2.24. The number of aromatic hydroxyl groups is 1. The second-order valence-corrected chi connectivity index (χ2v) is 10.4. The minimum absolute atomic E-state index is 0.0145. The summed E-state index contributed by atoms with van der Waals surface area (Å²) in [4.78, 5) is 24.8. The first-order chi connectivity index (χ1) is 18.7. The number of aldehydes is 1. The Morgan fingerprint density at radius 1 is 1.00 bits per heavy atom. The molecule has 3 aromatic rings. The van der Waals surface area contributed by atoms with Gasteiger partial charge in [-0.3, -0.25) is 9.59 Å². The third-order valence-corrected chi connectivity index (χ3v) is 8.09. The highest BCUT2D eigenvalue weighted by molar-refractivity contribution is 8.00. The number of thioether (sulfide) groups is 1. The topological polar surface area (TPSA) is 74.6 Å². The molecule has 0 aromatic heterocycles. The summed E-state index contributed by atoms with van der Waals surface area (Å²) in [7, 11) is 0. The smallest absolute Gasteiger partial charge is 0.150 e. The van der Waals surface area contributed by atoms with E-state index in [9.17, 15) is 24.2 Å². The molecule has 0 bridgehead atoms. The fourth-order valence-corrected chi connectivity index (χ4v) is 5.51. The van der Waals surface area contributed by atoms with Gasteiger partial charge >= 0.3 is 0 Å². The molecular weight excluding hydrogens is 511 g/mol. The van der Waals surface area contributed by atoms with Crippen LogP contribution < -0.4 is 0 Å². The molecule has 3 aromatic carbocycles. The van der Waals surface area contributed by atoms with Crippen molar-refractivity contribution in [1.82, 2.24) is 0 Å². The van der Waals surface area contributed by atoms with Crippen LogP contribution in [-0.4, -0.2) is 33.3 Å². The van der Waals surface area contributed by atoms with Gasteiger partial charge in [-0.05, 0) is 71.0 Å². The van der Waals surface area contributed by atoms with Crippen molar-refractivity contribution in [3.05, 3.63) is 131 Å². The molecule has 2 unspecified atom stereocenters. The van der Waals surface area contributed by atoms with Crippen LogP contribution in [0.5, 0.6) is 5.75 Å². The maximum Gasteiger partial charge on any atom is 0.150 e. The Labute approximate surface area is 233 Å². The predicted octanol–water partition coefficient (Wildman–Crippen LogP) is 7.00. The van der Waals surface area contributed by atoms with Crippen molar-refractivity contribution in [2.24, 2.45) is 0 Å². The van der Waals surface area contributed by atoms with Gasteiger partial charge in [-0.1, -0.05) is 74.2 Å². The maximum atomic E-state index is 13.6. The van der Waals surface area contributed by atoms with E-state index in [2.05, 4.69) is 6.58 Å². The highest BCUT2D eigenvalue weighted by Crippen LogP contribution is 2.33. The monoisotopic (exact) mass is 544 g/mol. The van der Waals surface area contributed by atoms with E-state index >= 15 is 0 Å². The molecule has 6 heteroatoms. The molecule has 0 saturated carbocycles. The Morgan fingerprint density at radius 2 is 1.62 bits per heavy atom. The van der Waals surface area contributed by atoms with Crippen molar-refractivity contribution >= 4 is 29.4 Å².